The third kappa shape index (κ3) is 92.3. The van der Waals surface area contributed by atoms with Crippen LogP contribution >= 0.6 is 0 Å². The Balaban J connectivity index is 0. The molecule has 0 unspecified atom stereocenters. The number of rotatable bonds is 0. The van der Waals surface area contributed by atoms with Crippen molar-refractivity contribution in [2.45, 2.75) is 0 Å². The summed E-state index contributed by atoms with van der Waals surface area (Å²) in [7, 11) is 0. The van der Waals surface area contributed by atoms with E-state index in [-0.39, 0.29) is 124 Å². The molecule has 0 atom stereocenters. The average molecular weight is 391 g/mol. The molecule has 0 aliphatic heterocycles. The molecular formula is Cl7GaGe. The van der Waals surface area contributed by atoms with Gasteiger partial charge in [0.25, 0.3) is 0 Å². The van der Waals surface area contributed by atoms with E-state index in [4.69, 9.17) is 0 Å². The zero-order chi connectivity index (χ0) is 0. The maximum atomic E-state index is 0. The molecule has 0 N–H and O–H groups in total. The molecule has 0 rings (SSSR count). The largest absolute Gasteiger partial charge is 4.00 e. The molecule has 0 aromatic carbocycles. The summed E-state index contributed by atoms with van der Waals surface area (Å²) in [6, 6.07) is 0. The van der Waals surface area contributed by atoms with Crippen molar-refractivity contribution in [3.8, 4) is 0 Å². The molecule has 0 amide bonds. The van der Waals surface area contributed by atoms with E-state index < -0.39 is 0 Å². The first kappa shape index (κ1) is 149. The van der Waals surface area contributed by atoms with Crippen LogP contribution in [0.25, 0.3) is 0 Å². The van der Waals surface area contributed by atoms with Crippen LogP contribution in [0.5, 0.6) is 0 Å². The summed E-state index contributed by atoms with van der Waals surface area (Å²) in [5.41, 5.74) is 0. The molecule has 9 heteroatoms. The molecular weight excluding hydrogens is 391 g/mol. The molecule has 56 valence electrons. The number of hydrogen-bond donors (Lipinski definition) is 0. The van der Waals surface area contributed by atoms with Crippen molar-refractivity contribution in [1.29, 1.82) is 0 Å². The van der Waals surface area contributed by atoms with Gasteiger partial charge in [-0.2, -0.15) is 0 Å². The molecule has 0 saturated carbocycles. The van der Waals surface area contributed by atoms with Gasteiger partial charge >= 0.3 is 37.4 Å². The van der Waals surface area contributed by atoms with Crippen molar-refractivity contribution >= 4 is 37.4 Å². The summed E-state index contributed by atoms with van der Waals surface area (Å²) in [6.45, 7) is 0. The van der Waals surface area contributed by atoms with E-state index in [1.807, 2.05) is 0 Å². The van der Waals surface area contributed by atoms with E-state index in [1.165, 1.54) is 0 Å². The van der Waals surface area contributed by atoms with Crippen LogP contribution in [0.15, 0.2) is 0 Å². The third-order valence-electron chi connectivity index (χ3n) is 0. The molecule has 0 radical (unpaired) electrons. The van der Waals surface area contributed by atoms with Crippen LogP contribution in [-0.4, -0.2) is 37.4 Å². The van der Waals surface area contributed by atoms with Gasteiger partial charge in [-0.05, 0) is 0 Å². The summed E-state index contributed by atoms with van der Waals surface area (Å²) in [6.07, 6.45) is 0. The summed E-state index contributed by atoms with van der Waals surface area (Å²) < 4.78 is 0. The molecule has 0 bridgehead atoms. The van der Waals surface area contributed by atoms with Crippen LogP contribution in [0.4, 0.5) is 0 Å². The summed E-state index contributed by atoms with van der Waals surface area (Å²) >= 11 is 0. The van der Waals surface area contributed by atoms with Gasteiger partial charge < -0.3 is 86.8 Å². The maximum Gasteiger partial charge on any atom is 4.00 e. The van der Waals surface area contributed by atoms with E-state index in [2.05, 4.69) is 0 Å². The Morgan fingerprint density at radius 2 is 0.333 bits per heavy atom. The Morgan fingerprint density at radius 1 is 0.333 bits per heavy atom. The Hall–Kier alpha value is 3.21. The topological polar surface area (TPSA) is 0 Å². The van der Waals surface area contributed by atoms with E-state index in [9.17, 15) is 0 Å². The molecule has 0 spiro atoms. The first-order chi connectivity index (χ1) is 0. The Kier molecular flexibility index (Phi) is 1880. The fourth-order valence-corrected chi connectivity index (χ4v) is 0. The van der Waals surface area contributed by atoms with Crippen molar-refractivity contribution in [1.82, 2.24) is 0 Å². The van der Waals surface area contributed by atoms with E-state index in [0.29, 0.717) is 0 Å². The number of halogens is 7. The van der Waals surface area contributed by atoms with Crippen molar-refractivity contribution in [3.05, 3.63) is 0 Å². The minimum absolute atomic E-state index is 0. The van der Waals surface area contributed by atoms with Crippen LogP contribution in [-0.2, 0) is 0 Å². The van der Waals surface area contributed by atoms with Gasteiger partial charge in [0.1, 0.15) is 0 Å². The van der Waals surface area contributed by atoms with Crippen LogP contribution in [0.2, 0.25) is 0 Å². The van der Waals surface area contributed by atoms with Crippen molar-refractivity contribution < 1.29 is 86.8 Å². The molecule has 0 nitrogen and oxygen atoms in total. The zero-order valence-corrected chi connectivity index (χ0v) is 13.5. The van der Waals surface area contributed by atoms with Gasteiger partial charge in [-0.25, -0.2) is 0 Å². The summed E-state index contributed by atoms with van der Waals surface area (Å²) in [4.78, 5) is 0. The van der Waals surface area contributed by atoms with Gasteiger partial charge in [-0.3, -0.25) is 0 Å². The molecule has 0 fully saturated rings. The van der Waals surface area contributed by atoms with Gasteiger partial charge in [0.15, 0.2) is 0 Å². The van der Waals surface area contributed by atoms with E-state index in [1.54, 1.807) is 0 Å². The average Bonchev–Trinajstić information content (AvgIpc) is 0. The van der Waals surface area contributed by atoms with E-state index in [0.717, 1.165) is 0 Å². The smallest absolute Gasteiger partial charge is 1.00 e. The number of hydrogen-bond acceptors (Lipinski definition) is 0. The molecule has 0 aliphatic rings. The molecule has 9 heavy (non-hydrogen) atoms. The van der Waals surface area contributed by atoms with Crippen LogP contribution in [0.1, 0.15) is 0 Å². The quantitative estimate of drug-likeness (QED) is 0.361. The summed E-state index contributed by atoms with van der Waals surface area (Å²) in [5, 5.41) is 0. The second-order valence-corrected chi connectivity index (χ2v) is 0. The van der Waals surface area contributed by atoms with Gasteiger partial charge in [0.2, 0.25) is 0 Å². The zero-order valence-electron chi connectivity index (χ0n) is 3.72. The molecule has 0 aromatic heterocycles. The second kappa shape index (κ2) is 113. The SMILES string of the molecule is [Cl-].[Cl-].[Cl-].[Cl-].[Cl-].[Cl-].[Cl-].[Ga+3].[Ge+4]. The van der Waals surface area contributed by atoms with E-state index >= 15 is 0 Å². The Labute approximate surface area is 123 Å². The predicted molar refractivity (Wildman–Crippen MR) is 11.5 cm³/mol. The predicted octanol–water partition coefficient (Wildman–Crippen LogP) is -21.7. The fraction of sp³-hybridized carbons (Fsp3) is 0. The standard InChI is InChI=1S/7ClH.Ga.Ge/h7*1H;;/q;;;;;;;+3;+4/p-7. The molecule has 0 aliphatic carbocycles. The van der Waals surface area contributed by atoms with Crippen LogP contribution < -0.4 is 86.8 Å². The monoisotopic (exact) mass is 388 g/mol. The van der Waals surface area contributed by atoms with Crippen LogP contribution in [0, 0.1) is 0 Å². The molecule has 0 aromatic rings. The van der Waals surface area contributed by atoms with Crippen molar-refractivity contribution in [3.63, 3.8) is 0 Å². The minimum Gasteiger partial charge on any atom is -1.00 e. The Bertz CT molecular complexity index is 8.88. The van der Waals surface area contributed by atoms with Crippen molar-refractivity contribution in [2.24, 2.45) is 0 Å². The first-order valence-corrected chi connectivity index (χ1v) is 0. The summed E-state index contributed by atoms with van der Waals surface area (Å²) in [5.74, 6) is 0. The maximum absolute atomic E-state index is 0. The third-order valence-corrected chi connectivity index (χ3v) is 0. The minimum atomic E-state index is 0. The van der Waals surface area contributed by atoms with Gasteiger partial charge in [-0.1, -0.05) is 0 Å². The van der Waals surface area contributed by atoms with Crippen LogP contribution in [0.3, 0.4) is 0 Å². The first-order valence-electron chi connectivity index (χ1n) is 0. The molecule has 0 saturated heterocycles. The molecule has 0 heterocycles. The van der Waals surface area contributed by atoms with Crippen molar-refractivity contribution in [2.75, 3.05) is 0 Å². The Morgan fingerprint density at radius 3 is 0.333 bits per heavy atom. The van der Waals surface area contributed by atoms with Gasteiger partial charge in [-0.15, -0.1) is 0 Å². The van der Waals surface area contributed by atoms with Gasteiger partial charge in [0, 0.05) is 0 Å². The second-order valence-electron chi connectivity index (χ2n) is 0. The normalized spacial score (nSPS) is 0. The van der Waals surface area contributed by atoms with Gasteiger partial charge in [0.05, 0.1) is 0 Å². The fourth-order valence-electron chi connectivity index (χ4n) is 0.